The van der Waals surface area contributed by atoms with Crippen LogP contribution in [0.1, 0.15) is 33.6 Å². The monoisotopic (exact) mass is 300 g/mol. The van der Waals surface area contributed by atoms with E-state index in [1.54, 1.807) is 7.11 Å². The van der Waals surface area contributed by atoms with Gasteiger partial charge in [-0.25, -0.2) is 0 Å². The average molecular weight is 300 g/mol. The van der Waals surface area contributed by atoms with Gasteiger partial charge >= 0.3 is 0 Å². The smallest absolute Gasteiger partial charge is 0.240 e. The number of ether oxygens (including phenoxy) is 3. The Morgan fingerprint density at radius 3 is 2.67 bits per heavy atom. The number of carbonyl (C=O) groups is 1. The molecule has 2 fully saturated rings. The second-order valence-corrected chi connectivity index (χ2v) is 6.71. The van der Waals surface area contributed by atoms with Gasteiger partial charge in [0.05, 0.1) is 12.7 Å². The molecule has 6 heteroatoms. The molecule has 1 aliphatic heterocycles. The molecule has 0 aromatic heterocycles. The molecule has 3 unspecified atom stereocenters. The van der Waals surface area contributed by atoms with Gasteiger partial charge in [-0.1, -0.05) is 13.8 Å². The number of hydrogen-bond acceptors (Lipinski definition) is 5. The highest BCUT2D eigenvalue weighted by Crippen LogP contribution is 2.49. The molecule has 1 amide bonds. The Hall–Kier alpha value is -0.690. The van der Waals surface area contributed by atoms with Gasteiger partial charge in [-0.2, -0.15) is 0 Å². The highest BCUT2D eigenvalue weighted by molar-refractivity contribution is 5.88. The van der Waals surface area contributed by atoms with Gasteiger partial charge in [-0.05, 0) is 6.92 Å². The maximum absolute atomic E-state index is 12.5. The zero-order valence-corrected chi connectivity index (χ0v) is 13.5. The summed E-state index contributed by atoms with van der Waals surface area (Å²) in [5, 5.41) is 2.95. The molecule has 0 spiro atoms. The van der Waals surface area contributed by atoms with Crippen LogP contribution in [0.5, 0.6) is 0 Å². The van der Waals surface area contributed by atoms with Gasteiger partial charge in [0, 0.05) is 45.1 Å². The predicted octanol–water partition coefficient (Wildman–Crippen LogP) is 0.441. The first-order valence-corrected chi connectivity index (χ1v) is 7.63. The third-order valence-electron chi connectivity index (χ3n) is 5.31. The zero-order chi connectivity index (χ0) is 15.7. The summed E-state index contributed by atoms with van der Waals surface area (Å²) in [7, 11) is 1.65. The maximum Gasteiger partial charge on any atom is 0.240 e. The molecular formula is C15H28N2O4. The Kier molecular flexibility index (Phi) is 4.63. The summed E-state index contributed by atoms with van der Waals surface area (Å²) in [6.45, 7) is 8.16. The molecule has 2 rings (SSSR count). The number of hydrogen-bond donors (Lipinski definition) is 2. The molecule has 1 saturated carbocycles. The van der Waals surface area contributed by atoms with Crippen molar-refractivity contribution >= 4 is 5.91 Å². The van der Waals surface area contributed by atoms with Gasteiger partial charge in [0.2, 0.25) is 5.91 Å². The molecule has 1 aliphatic carbocycles. The predicted molar refractivity (Wildman–Crippen MR) is 78.9 cm³/mol. The van der Waals surface area contributed by atoms with Gasteiger partial charge in [-0.3, -0.25) is 4.79 Å². The van der Waals surface area contributed by atoms with E-state index in [-0.39, 0.29) is 17.4 Å². The van der Waals surface area contributed by atoms with Crippen molar-refractivity contribution in [2.24, 2.45) is 11.1 Å². The Bertz CT molecular complexity index is 393. The van der Waals surface area contributed by atoms with E-state index in [9.17, 15) is 4.79 Å². The zero-order valence-electron chi connectivity index (χ0n) is 13.5. The van der Waals surface area contributed by atoms with Crippen LogP contribution in [0.4, 0.5) is 0 Å². The first-order valence-electron chi connectivity index (χ1n) is 7.63. The lowest BCUT2D eigenvalue weighted by atomic mass is 9.54. The molecule has 122 valence electrons. The standard InChI is InChI=1S/C15H28N2O4/c1-5-21-11-8-15(16,13(11,2)3)12(18)17-9-14(19-4)6-7-20-10-14/h11H,5-10,16H2,1-4H3,(H,17,18). The van der Waals surface area contributed by atoms with Crippen molar-refractivity contribution in [2.45, 2.75) is 50.9 Å². The van der Waals surface area contributed by atoms with E-state index < -0.39 is 11.1 Å². The molecular weight excluding hydrogens is 272 g/mol. The molecule has 1 heterocycles. The topological polar surface area (TPSA) is 82.8 Å². The fraction of sp³-hybridized carbons (Fsp3) is 0.933. The number of nitrogens with two attached hydrogens (primary N) is 1. The minimum Gasteiger partial charge on any atom is -0.378 e. The van der Waals surface area contributed by atoms with Crippen molar-refractivity contribution < 1.29 is 19.0 Å². The van der Waals surface area contributed by atoms with Gasteiger partial charge in [0.15, 0.2) is 0 Å². The van der Waals surface area contributed by atoms with Crippen LogP contribution in [-0.4, -0.2) is 56.6 Å². The van der Waals surface area contributed by atoms with E-state index in [0.717, 1.165) is 6.42 Å². The number of rotatable bonds is 6. The summed E-state index contributed by atoms with van der Waals surface area (Å²) in [6.07, 6.45) is 1.37. The first-order chi connectivity index (χ1) is 9.81. The second-order valence-electron chi connectivity index (χ2n) is 6.71. The average Bonchev–Trinajstić information content (AvgIpc) is 2.93. The van der Waals surface area contributed by atoms with Crippen LogP contribution in [0.2, 0.25) is 0 Å². The number of amides is 1. The van der Waals surface area contributed by atoms with Crippen LogP contribution in [0.15, 0.2) is 0 Å². The summed E-state index contributed by atoms with van der Waals surface area (Å²) < 4.78 is 16.5. The third kappa shape index (κ3) is 2.70. The summed E-state index contributed by atoms with van der Waals surface area (Å²) in [6, 6.07) is 0. The molecule has 0 aromatic rings. The molecule has 1 saturated heterocycles. The lowest BCUT2D eigenvalue weighted by molar-refractivity contribution is -0.171. The normalized spacial score (nSPS) is 38.0. The molecule has 6 nitrogen and oxygen atoms in total. The molecule has 3 atom stereocenters. The molecule has 3 N–H and O–H groups in total. The second kappa shape index (κ2) is 5.83. The van der Waals surface area contributed by atoms with Crippen LogP contribution in [0.25, 0.3) is 0 Å². The van der Waals surface area contributed by atoms with Crippen LogP contribution < -0.4 is 11.1 Å². The Labute approximate surface area is 126 Å². The lowest BCUT2D eigenvalue weighted by Gasteiger charge is -2.57. The summed E-state index contributed by atoms with van der Waals surface area (Å²) in [5.74, 6) is -0.133. The number of nitrogens with one attached hydrogen (secondary N) is 1. The number of carbonyl (C=O) groups excluding carboxylic acids is 1. The fourth-order valence-corrected chi connectivity index (χ4v) is 3.18. The molecule has 0 radical (unpaired) electrons. The summed E-state index contributed by atoms with van der Waals surface area (Å²) >= 11 is 0. The van der Waals surface area contributed by atoms with E-state index in [0.29, 0.717) is 32.8 Å². The number of methoxy groups -OCH3 is 1. The largest absolute Gasteiger partial charge is 0.378 e. The van der Waals surface area contributed by atoms with E-state index in [1.165, 1.54) is 0 Å². The van der Waals surface area contributed by atoms with Crippen LogP contribution in [0.3, 0.4) is 0 Å². The minimum absolute atomic E-state index is 0.0319. The SMILES string of the molecule is CCOC1CC(N)(C(=O)NCC2(OC)CCOC2)C1(C)C. The highest BCUT2D eigenvalue weighted by atomic mass is 16.5. The minimum atomic E-state index is -0.888. The van der Waals surface area contributed by atoms with Crippen LogP contribution >= 0.6 is 0 Å². The maximum atomic E-state index is 12.5. The van der Waals surface area contributed by atoms with Crippen molar-refractivity contribution in [3.63, 3.8) is 0 Å². The van der Waals surface area contributed by atoms with Crippen molar-refractivity contribution in [3.05, 3.63) is 0 Å². The Balaban J connectivity index is 1.94. The molecule has 0 aromatic carbocycles. The van der Waals surface area contributed by atoms with Gasteiger partial charge < -0.3 is 25.3 Å². The van der Waals surface area contributed by atoms with Crippen LogP contribution in [0, 0.1) is 5.41 Å². The lowest BCUT2D eigenvalue weighted by Crippen LogP contribution is -2.76. The summed E-state index contributed by atoms with van der Waals surface area (Å²) in [5.41, 5.74) is 4.67. The quantitative estimate of drug-likeness (QED) is 0.744. The Morgan fingerprint density at radius 1 is 1.48 bits per heavy atom. The Morgan fingerprint density at radius 2 is 2.19 bits per heavy atom. The van der Waals surface area contributed by atoms with Gasteiger partial charge in [0.1, 0.15) is 11.1 Å². The molecule has 21 heavy (non-hydrogen) atoms. The first kappa shape index (κ1) is 16.7. The highest BCUT2D eigenvalue weighted by Gasteiger charge is 2.63. The van der Waals surface area contributed by atoms with Crippen molar-refractivity contribution in [2.75, 3.05) is 33.5 Å². The van der Waals surface area contributed by atoms with E-state index in [4.69, 9.17) is 19.9 Å². The fourth-order valence-electron chi connectivity index (χ4n) is 3.18. The summed E-state index contributed by atoms with van der Waals surface area (Å²) in [4.78, 5) is 12.5. The van der Waals surface area contributed by atoms with Gasteiger partial charge in [-0.15, -0.1) is 0 Å². The van der Waals surface area contributed by atoms with Crippen LogP contribution in [-0.2, 0) is 19.0 Å². The van der Waals surface area contributed by atoms with E-state index >= 15 is 0 Å². The van der Waals surface area contributed by atoms with Gasteiger partial charge in [0.25, 0.3) is 0 Å². The van der Waals surface area contributed by atoms with Crippen molar-refractivity contribution in [1.29, 1.82) is 0 Å². The van der Waals surface area contributed by atoms with E-state index in [1.807, 2.05) is 20.8 Å². The third-order valence-corrected chi connectivity index (χ3v) is 5.31. The van der Waals surface area contributed by atoms with Crippen molar-refractivity contribution in [3.8, 4) is 0 Å². The van der Waals surface area contributed by atoms with E-state index in [2.05, 4.69) is 5.32 Å². The van der Waals surface area contributed by atoms with Crippen molar-refractivity contribution in [1.82, 2.24) is 5.32 Å². The molecule has 0 bridgehead atoms. The molecule has 2 aliphatic rings.